The summed E-state index contributed by atoms with van der Waals surface area (Å²) in [4.78, 5) is 14.1. The van der Waals surface area contributed by atoms with Gasteiger partial charge in [-0.2, -0.15) is 10.4 Å². The molecule has 0 amide bonds. The highest BCUT2D eigenvalue weighted by Crippen LogP contribution is 2.22. The first-order valence-corrected chi connectivity index (χ1v) is 7.32. The zero-order valence-electron chi connectivity index (χ0n) is 12.1. The van der Waals surface area contributed by atoms with Gasteiger partial charge in [-0.1, -0.05) is 30.3 Å². The van der Waals surface area contributed by atoms with Crippen LogP contribution in [-0.2, 0) is 0 Å². The van der Waals surface area contributed by atoms with E-state index >= 15 is 0 Å². The van der Waals surface area contributed by atoms with E-state index in [2.05, 4.69) is 16.4 Å². The summed E-state index contributed by atoms with van der Waals surface area (Å²) in [5.41, 5.74) is 2.31. The topological polar surface area (TPSA) is 69.9 Å². The molecule has 0 radical (unpaired) electrons. The van der Waals surface area contributed by atoms with Crippen molar-refractivity contribution in [2.75, 3.05) is 13.1 Å². The van der Waals surface area contributed by atoms with Gasteiger partial charge in [-0.05, 0) is 24.0 Å². The fourth-order valence-corrected chi connectivity index (χ4v) is 2.75. The van der Waals surface area contributed by atoms with Gasteiger partial charge in [0.25, 0.3) is 0 Å². The average Bonchev–Trinajstić information content (AvgIpc) is 3.03. The molecule has 0 saturated carbocycles. The Morgan fingerprint density at radius 3 is 2.86 bits per heavy atom. The van der Waals surface area contributed by atoms with E-state index in [4.69, 9.17) is 5.26 Å². The lowest BCUT2D eigenvalue weighted by molar-refractivity contribution is 0.0957. The number of Topliss-reactive ketones (excluding diaryl/α,β-unsaturated/α-hetero) is 1. The number of hydrogen-bond acceptors (Lipinski definition) is 5. The highest BCUT2D eigenvalue weighted by Gasteiger charge is 2.25. The normalized spacial score (nSPS) is 17.2. The molecule has 1 saturated heterocycles. The zero-order valence-corrected chi connectivity index (χ0v) is 12.1. The van der Waals surface area contributed by atoms with Crippen LogP contribution in [0, 0.1) is 17.4 Å². The Bertz CT molecular complexity index is 708. The zero-order chi connectivity index (χ0) is 15.4. The molecular weight excluding hydrogens is 276 g/mol. The fraction of sp³-hybridized carbons (Fsp3) is 0.294. The summed E-state index contributed by atoms with van der Waals surface area (Å²) >= 11 is 0. The van der Waals surface area contributed by atoms with Crippen LogP contribution in [0.1, 0.15) is 23.3 Å². The number of aromatic nitrogens is 2. The van der Waals surface area contributed by atoms with Crippen molar-refractivity contribution in [3.8, 4) is 17.3 Å². The van der Waals surface area contributed by atoms with Crippen LogP contribution in [0.3, 0.4) is 0 Å². The molecule has 5 heteroatoms. The minimum Gasteiger partial charge on any atom is -0.310 e. The van der Waals surface area contributed by atoms with Gasteiger partial charge in [0.05, 0.1) is 6.20 Å². The average molecular weight is 292 g/mol. The number of benzene rings is 1. The number of ketones is 1. The Balaban J connectivity index is 1.73. The maximum absolute atomic E-state index is 12.4. The Labute approximate surface area is 129 Å². The molecule has 1 fully saturated rings. The number of likely N-dealkylation sites (tertiary alicyclic amines) is 1. The molecule has 0 bridgehead atoms. The predicted molar refractivity (Wildman–Crippen MR) is 81.7 cm³/mol. The van der Waals surface area contributed by atoms with E-state index in [0.717, 1.165) is 24.1 Å². The monoisotopic (exact) mass is 292 g/mol. The van der Waals surface area contributed by atoms with E-state index in [1.165, 1.54) is 0 Å². The van der Waals surface area contributed by atoms with Gasteiger partial charge in [-0.3, -0.25) is 4.79 Å². The van der Waals surface area contributed by atoms with Crippen molar-refractivity contribution in [2.45, 2.75) is 12.8 Å². The van der Waals surface area contributed by atoms with Gasteiger partial charge in [0, 0.05) is 25.1 Å². The lowest BCUT2D eigenvalue weighted by Gasteiger charge is -2.08. The third-order valence-corrected chi connectivity index (χ3v) is 3.95. The van der Waals surface area contributed by atoms with Crippen molar-refractivity contribution in [3.63, 3.8) is 0 Å². The van der Waals surface area contributed by atoms with Crippen molar-refractivity contribution in [2.24, 2.45) is 5.92 Å². The van der Waals surface area contributed by atoms with Crippen LogP contribution in [0.2, 0.25) is 0 Å². The summed E-state index contributed by atoms with van der Waals surface area (Å²) in [5.74, 6) is 0.226. The summed E-state index contributed by atoms with van der Waals surface area (Å²) in [5, 5.41) is 16.8. The van der Waals surface area contributed by atoms with Crippen molar-refractivity contribution >= 4 is 5.78 Å². The van der Waals surface area contributed by atoms with E-state index in [0.29, 0.717) is 18.7 Å². The van der Waals surface area contributed by atoms with Crippen molar-refractivity contribution in [1.29, 1.82) is 5.26 Å². The number of nitrogens with zero attached hydrogens (tertiary/aromatic N) is 4. The van der Waals surface area contributed by atoms with Gasteiger partial charge in [-0.15, -0.1) is 5.10 Å². The second-order valence-electron chi connectivity index (χ2n) is 5.52. The minimum absolute atomic E-state index is 0.00456. The van der Waals surface area contributed by atoms with Crippen molar-refractivity contribution in [1.82, 2.24) is 15.1 Å². The number of nitriles is 1. The second-order valence-corrected chi connectivity index (χ2v) is 5.52. The minimum atomic E-state index is -0.00456. The second kappa shape index (κ2) is 6.35. The highest BCUT2D eigenvalue weighted by molar-refractivity contribution is 5.95. The predicted octanol–water partition coefficient (Wildman–Crippen LogP) is 2.52. The van der Waals surface area contributed by atoms with Gasteiger partial charge in [0.1, 0.15) is 5.69 Å². The number of carbonyl (C=O) groups excluding carboxylic acids is 1. The van der Waals surface area contributed by atoms with Gasteiger partial charge in [-0.25, -0.2) is 0 Å². The third kappa shape index (κ3) is 3.12. The van der Waals surface area contributed by atoms with Gasteiger partial charge >= 0.3 is 0 Å². The number of carbonyl (C=O) groups is 1. The lowest BCUT2D eigenvalue weighted by atomic mass is 9.99. The van der Waals surface area contributed by atoms with Crippen LogP contribution in [0.4, 0.5) is 0 Å². The molecule has 2 aromatic rings. The number of rotatable bonds is 4. The maximum atomic E-state index is 12.4. The SMILES string of the molecule is N#CN1CC[C@@H](CC(=O)c2cc(-c3ccccc3)cnn2)C1. The molecule has 0 spiro atoms. The molecule has 22 heavy (non-hydrogen) atoms. The molecule has 1 aliphatic rings. The Hall–Kier alpha value is -2.74. The fourth-order valence-electron chi connectivity index (χ4n) is 2.75. The first-order chi connectivity index (χ1) is 10.8. The molecule has 2 heterocycles. The maximum Gasteiger partial charge on any atom is 0.183 e. The Morgan fingerprint density at radius 2 is 2.14 bits per heavy atom. The van der Waals surface area contributed by atoms with Gasteiger partial charge in [0.2, 0.25) is 0 Å². The standard InChI is InChI=1S/C17H16N4O/c18-12-21-7-6-13(11-21)8-17(22)16-9-15(10-19-20-16)14-4-2-1-3-5-14/h1-5,9-10,13H,6-8,11H2/t13-/m0/s1. The smallest absolute Gasteiger partial charge is 0.183 e. The summed E-state index contributed by atoms with van der Waals surface area (Å²) in [6, 6.07) is 11.6. The highest BCUT2D eigenvalue weighted by atomic mass is 16.1. The number of hydrogen-bond donors (Lipinski definition) is 0. The molecular formula is C17H16N4O. The van der Waals surface area contributed by atoms with E-state index < -0.39 is 0 Å². The molecule has 1 aromatic heterocycles. The molecule has 1 aromatic carbocycles. The van der Waals surface area contributed by atoms with E-state index in [9.17, 15) is 4.79 Å². The lowest BCUT2D eigenvalue weighted by Crippen LogP contribution is -2.16. The molecule has 0 unspecified atom stereocenters. The molecule has 3 rings (SSSR count). The van der Waals surface area contributed by atoms with E-state index in [-0.39, 0.29) is 11.7 Å². The molecule has 0 N–H and O–H groups in total. The molecule has 1 atom stereocenters. The van der Waals surface area contributed by atoms with Crippen molar-refractivity contribution < 1.29 is 4.79 Å². The summed E-state index contributed by atoms with van der Waals surface area (Å²) in [7, 11) is 0. The summed E-state index contributed by atoms with van der Waals surface area (Å²) in [6.45, 7) is 1.40. The quantitative estimate of drug-likeness (QED) is 0.639. The molecule has 1 aliphatic heterocycles. The van der Waals surface area contributed by atoms with E-state index in [1.807, 2.05) is 30.3 Å². The Morgan fingerprint density at radius 1 is 1.32 bits per heavy atom. The first kappa shape index (κ1) is 14.2. The first-order valence-electron chi connectivity index (χ1n) is 7.32. The third-order valence-electron chi connectivity index (χ3n) is 3.95. The van der Waals surface area contributed by atoms with Crippen molar-refractivity contribution in [3.05, 3.63) is 48.3 Å². The van der Waals surface area contributed by atoms with E-state index in [1.54, 1.807) is 17.2 Å². The molecule has 0 aliphatic carbocycles. The van der Waals surface area contributed by atoms with Crippen LogP contribution in [0.25, 0.3) is 11.1 Å². The van der Waals surface area contributed by atoms with Gasteiger partial charge < -0.3 is 4.90 Å². The summed E-state index contributed by atoms with van der Waals surface area (Å²) < 4.78 is 0. The van der Waals surface area contributed by atoms with Crippen LogP contribution in [0.15, 0.2) is 42.6 Å². The largest absolute Gasteiger partial charge is 0.310 e. The Kier molecular flexibility index (Phi) is 4.10. The van der Waals surface area contributed by atoms with Crippen LogP contribution >= 0.6 is 0 Å². The van der Waals surface area contributed by atoms with Crippen LogP contribution < -0.4 is 0 Å². The molecule has 5 nitrogen and oxygen atoms in total. The van der Waals surface area contributed by atoms with Crippen LogP contribution in [0.5, 0.6) is 0 Å². The molecule has 110 valence electrons. The van der Waals surface area contributed by atoms with Gasteiger partial charge in [0.15, 0.2) is 12.0 Å². The van der Waals surface area contributed by atoms with Crippen LogP contribution in [-0.4, -0.2) is 34.0 Å². The summed E-state index contributed by atoms with van der Waals surface area (Å²) in [6.07, 6.45) is 5.10.